The summed E-state index contributed by atoms with van der Waals surface area (Å²) in [5, 5.41) is 12.5. The van der Waals surface area contributed by atoms with Crippen molar-refractivity contribution in [3.05, 3.63) is 58.6 Å². The number of halogens is 1. The van der Waals surface area contributed by atoms with Gasteiger partial charge in [-0.1, -0.05) is 39.7 Å². The maximum Gasteiger partial charge on any atom is 0.0793 e. The van der Waals surface area contributed by atoms with Crippen LogP contribution in [-0.4, -0.2) is 5.11 Å². The molecule has 0 heterocycles. The van der Waals surface area contributed by atoms with E-state index in [1.54, 1.807) is 0 Å². The summed E-state index contributed by atoms with van der Waals surface area (Å²) >= 11 is 3.46. The highest BCUT2D eigenvalue weighted by Crippen LogP contribution is 2.26. The number of aliphatic hydroxyl groups is 1. The summed E-state index contributed by atoms with van der Waals surface area (Å²) in [4.78, 5) is 0. The zero-order valence-electron chi connectivity index (χ0n) is 10.5. The number of allylic oxidation sites excluding steroid dienone is 1. The zero-order valence-corrected chi connectivity index (χ0v) is 12.1. The average Bonchev–Trinajstić information content (AvgIpc) is 2.35. The van der Waals surface area contributed by atoms with Crippen LogP contribution >= 0.6 is 15.9 Å². The van der Waals surface area contributed by atoms with E-state index in [1.165, 1.54) is 5.39 Å². The van der Waals surface area contributed by atoms with Gasteiger partial charge >= 0.3 is 0 Å². The van der Waals surface area contributed by atoms with Crippen molar-refractivity contribution in [2.24, 2.45) is 0 Å². The van der Waals surface area contributed by atoms with E-state index < -0.39 is 6.10 Å². The molecular formula is C16H17BrO. The van der Waals surface area contributed by atoms with Crippen LogP contribution in [0.15, 0.2) is 53.0 Å². The molecule has 2 heteroatoms. The molecule has 0 saturated heterocycles. The third-order valence-electron chi connectivity index (χ3n) is 3.06. The van der Waals surface area contributed by atoms with Crippen LogP contribution in [0.1, 0.15) is 31.4 Å². The Labute approximate surface area is 116 Å². The second-order valence-electron chi connectivity index (χ2n) is 4.76. The summed E-state index contributed by atoms with van der Waals surface area (Å²) < 4.78 is 1.07. The van der Waals surface area contributed by atoms with Gasteiger partial charge in [0.2, 0.25) is 0 Å². The molecule has 1 N–H and O–H groups in total. The molecule has 0 aromatic heterocycles. The van der Waals surface area contributed by atoms with Gasteiger partial charge in [0.25, 0.3) is 0 Å². The van der Waals surface area contributed by atoms with Crippen molar-refractivity contribution in [1.82, 2.24) is 0 Å². The van der Waals surface area contributed by atoms with Crippen LogP contribution in [0.2, 0.25) is 0 Å². The lowest BCUT2D eigenvalue weighted by Gasteiger charge is -2.12. The number of fused-ring (bicyclic) bond motifs is 1. The summed E-state index contributed by atoms with van der Waals surface area (Å²) in [7, 11) is 0. The lowest BCUT2D eigenvalue weighted by Crippen LogP contribution is -1.97. The Bertz CT molecular complexity index is 574. The van der Waals surface area contributed by atoms with Gasteiger partial charge in [-0.2, -0.15) is 0 Å². The number of benzene rings is 2. The van der Waals surface area contributed by atoms with E-state index in [2.05, 4.69) is 46.8 Å². The Morgan fingerprint density at radius 2 is 1.89 bits per heavy atom. The molecule has 2 rings (SSSR count). The molecule has 0 aliphatic heterocycles. The van der Waals surface area contributed by atoms with Gasteiger partial charge in [-0.3, -0.25) is 0 Å². The predicted octanol–water partition coefficient (Wildman–Crippen LogP) is 4.99. The van der Waals surface area contributed by atoms with Gasteiger partial charge in [0.1, 0.15) is 0 Å². The SMILES string of the molecule is C=C(C)CCC(O)c1ccc2cc(Br)ccc2c1. The molecule has 1 nitrogen and oxygen atoms in total. The number of hydrogen-bond donors (Lipinski definition) is 1. The number of aliphatic hydroxyl groups excluding tert-OH is 1. The van der Waals surface area contributed by atoms with Crippen LogP contribution in [0, 0.1) is 0 Å². The Kier molecular flexibility index (Phi) is 4.20. The molecule has 0 saturated carbocycles. The topological polar surface area (TPSA) is 20.2 Å². The molecular weight excluding hydrogens is 288 g/mol. The van der Waals surface area contributed by atoms with E-state index in [4.69, 9.17) is 0 Å². The van der Waals surface area contributed by atoms with Gasteiger partial charge in [0.05, 0.1) is 6.10 Å². The quantitative estimate of drug-likeness (QED) is 0.789. The minimum absolute atomic E-state index is 0.408. The van der Waals surface area contributed by atoms with Crippen LogP contribution < -0.4 is 0 Å². The fraction of sp³-hybridized carbons (Fsp3) is 0.250. The van der Waals surface area contributed by atoms with Gasteiger partial charge in [-0.25, -0.2) is 0 Å². The van der Waals surface area contributed by atoms with Crippen LogP contribution in [-0.2, 0) is 0 Å². The molecule has 2 aromatic rings. The monoisotopic (exact) mass is 304 g/mol. The smallest absolute Gasteiger partial charge is 0.0793 e. The third-order valence-corrected chi connectivity index (χ3v) is 3.55. The van der Waals surface area contributed by atoms with Crippen LogP contribution in [0.3, 0.4) is 0 Å². The fourth-order valence-electron chi connectivity index (χ4n) is 1.99. The molecule has 1 unspecified atom stereocenters. The van der Waals surface area contributed by atoms with Crippen molar-refractivity contribution < 1.29 is 5.11 Å². The first-order chi connectivity index (χ1) is 8.56. The van der Waals surface area contributed by atoms with E-state index in [9.17, 15) is 5.11 Å². The fourth-order valence-corrected chi connectivity index (χ4v) is 2.37. The van der Waals surface area contributed by atoms with Crippen LogP contribution in [0.5, 0.6) is 0 Å². The first-order valence-electron chi connectivity index (χ1n) is 6.08. The van der Waals surface area contributed by atoms with Crippen molar-refractivity contribution in [2.45, 2.75) is 25.9 Å². The van der Waals surface area contributed by atoms with Crippen molar-refractivity contribution in [3.8, 4) is 0 Å². The van der Waals surface area contributed by atoms with Crippen molar-refractivity contribution in [3.63, 3.8) is 0 Å². The molecule has 2 aromatic carbocycles. The first kappa shape index (κ1) is 13.3. The molecule has 1 atom stereocenters. The summed E-state index contributed by atoms with van der Waals surface area (Å²) in [5.41, 5.74) is 2.09. The molecule has 0 radical (unpaired) electrons. The van der Waals surface area contributed by atoms with Crippen molar-refractivity contribution >= 4 is 26.7 Å². The zero-order chi connectivity index (χ0) is 13.1. The summed E-state index contributed by atoms with van der Waals surface area (Å²) in [6.07, 6.45) is 1.19. The van der Waals surface area contributed by atoms with Crippen molar-refractivity contribution in [1.29, 1.82) is 0 Å². The maximum atomic E-state index is 10.1. The van der Waals surface area contributed by atoms with E-state index in [0.29, 0.717) is 0 Å². The van der Waals surface area contributed by atoms with Gasteiger partial charge < -0.3 is 5.11 Å². The van der Waals surface area contributed by atoms with Gasteiger partial charge in [-0.05, 0) is 54.3 Å². The summed E-state index contributed by atoms with van der Waals surface area (Å²) in [6.45, 7) is 5.85. The number of rotatable bonds is 4. The van der Waals surface area contributed by atoms with E-state index in [0.717, 1.165) is 33.8 Å². The highest BCUT2D eigenvalue weighted by molar-refractivity contribution is 9.10. The minimum Gasteiger partial charge on any atom is -0.388 e. The van der Waals surface area contributed by atoms with Crippen molar-refractivity contribution in [2.75, 3.05) is 0 Å². The third kappa shape index (κ3) is 3.21. The molecule has 94 valence electrons. The number of hydrogen-bond acceptors (Lipinski definition) is 1. The lowest BCUT2D eigenvalue weighted by atomic mass is 9.99. The maximum absolute atomic E-state index is 10.1. The molecule has 0 spiro atoms. The highest BCUT2D eigenvalue weighted by atomic mass is 79.9. The molecule has 18 heavy (non-hydrogen) atoms. The standard InChI is InChI=1S/C16H17BrO/c1-11(2)3-8-16(18)14-5-4-13-10-15(17)7-6-12(13)9-14/h4-7,9-10,16,18H,1,3,8H2,2H3. The Morgan fingerprint density at radius 1 is 1.22 bits per heavy atom. The average molecular weight is 305 g/mol. The predicted molar refractivity (Wildman–Crippen MR) is 80.7 cm³/mol. The lowest BCUT2D eigenvalue weighted by molar-refractivity contribution is 0.168. The van der Waals surface area contributed by atoms with Crippen LogP contribution in [0.25, 0.3) is 10.8 Å². The highest BCUT2D eigenvalue weighted by Gasteiger charge is 2.08. The molecule has 0 fully saturated rings. The van der Waals surface area contributed by atoms with Gasteiger partial charge in [-0.15, -0.1) is 6.58 Å². The Morgan fingerprint density at radius 3 is 2.61 bits per heavy atom. The van der Waals surface area contributed by atoms with Gasteiger partial charge in [0.15, 0.2) is 0 Å². The minimum atomic E-state index is -0.408. The summed E-state index contributed by atoms with van der Waals surface area (Å²) in [5.74, 6) is 0. The Balaban J connectivity index is 2.24. The largest absolute Gasteiger partial charge is 0.388 e. The normalized spacial score (nSPS) is 12.6. The molecule has 0 bridgehead atoms. The molecule has 0 aliphatic rings. The first-order valence-corrected chi connectivity index (χ1v) is 6.87. The van der Waals surface area contributed by atoms with Crippen LogP contribution in [0.4, 0.5) is 0 Å². The second kappa shape index (κ2) is 5.68. The summed E-state index contributed by atoms with van der Waals surface area (Å²) in [6, 6.07) is 12.3. The Hall–Kier alpha value is -1.12. The molecule has 0 amide bonds. The van der Waals surface area contributed by atoms with E-state index >= 15 is 0 Å². The van der Waals surface area contributed by atoms with E-state index in [1.807, 2.05) is 19.1 Å². The second-order valence-corrected chi connectivity index (χ2v) is 5.68. The molecule has 0 aliphatic carbocycles. The van der Waals surface area contributed by atoms with Gasteiger partial charge in [0, 0.05) is 4.47 Å². The van der Waals surface area contributed by atoms with E-state index in [-0.39, 0.29) is 0 Å².